The molecule has 1 rings (SSSR count). The van der Waals surface area contributed by atoms with Crippen LogP contribution in [0.4, 0.5) is 15.8 Å². The maximum atomic E-state index is 12.9. The van der Waals surface area contributed by atoms with Gasteiger partial charge in [-0.25, -0.2) is 4.39 Å². The highest BCUT2D eigenvalue weighted by Crippen LogP contribution is 2.18. The lowest BCUT2D eigenvalue weighted by atomic mass is 9.97. The van der Waals surface area contributed by atoms with Gasteiger partial charge in [-0.05, 0) is 23.6 Å². The zero-order valence-corrected chi connectivity index (χ0v) is 8.89. The van der Waals surface area contributed by atoms with E-state index in [0.29, 0.717) is 5.69 Å². The van der Waals surface area contributed by atoms with Crippen LogP contribution in [-0.2, 0) is 0 Å². The van der Waals surface area contributed by atoms with Crippen molar-refractivity contribution >= 4 is 11.4 Å². The zero-order valence-electron chi connectivity index (χ0n) is 8.89. The highest BCUT2D eigenvalue weighted by Gasteiger charge is 2.09. The van der Waals surface area contributed by atoms with Gasteiger partial charge >= 0.3 is 0 Å². The summed E-state index contributed by atoms with van der Waals surface area (Å²) in [6.45, 7) is 7.13. The van der Waals surface area contributed by atoms with Gasteiger partial charge in [-0.3, -0.25) is 0 Å². The Morgan fingerprint density at radius 3 is 2.43 bits per heavy atom. The van der Waals surface area contributed by atoms with Gasteiger partial charge in [0.2, 0.25) is 0 Å². The normalized spacial score (nSPS) is 11.4. The topological polar surface area (TPSA) is 38.0 Å². The Morgan fingerprint density at radius 1 is 1.29 bits per heavy atom. The maximum Gasteiger partial charge on any atom is 0.127 e. The molecule has 0 bridgehead atoms. The lowest BCUT2D eigenvalue weighted by molar-refractivity contribution is 0.443. The molecule has 0 aliphatic carbocycles. The van der Waals surface area contributed by atoms with Crippen molar-refractivity contribution in [3.8, 4) is 0 Å². The number of anilines is 2. The summed E-state index contributed by atoms with van der Waals surface area (Å²) in [5.74, 6) is -0.304. The molecule has 0 amide bonds. The first kappa shape index (κ1) is 10.8. The van der Waals surface area contributed by atoms with E-state index >= 15 is 0 Å². The number of nitrogens with two attached hydrogens (primary N) is 1. The Morgan fingerprint density at radius 2 is 1.93 bits per heavy atom. The molecule has 1 aromatic carbocycles. The molecule has 0 spiro atoms. The number of hydrogen-bond acceptors (Lipinski definition) is 2. The van der Waals surface area contributed by atoms with Crippen molar-refractivity contribution in [3.05, 3.63) is 24.0 Å². The van der Waals surface area contributed by atoms with E-state index in [1.807, 2.05) is 0 Å². The molecule has 14 heavy (non-hydrogen) atoms. The summed E-state index contributed by atoms with van der Waals surface area (Å²) in [7, 11) is 0. The molecule has 0 atom stereocenters. The fourth-order valence-corrected chi connectivity index (χ4v) is 1.08. The van der Waals surface area contributed by atoms with Crippen LogP contribution in [0.2, 0.25) is 0 Å². The second kappa shape index (κ2) is 3.86. The quantitative estimate of drug-likeness (QED) is 0.714. The lowest BCUT2D eigenvalue weighted by Crippen LogP contribution is -2.19. The predicted molar refractivity (Wildman–Crippen MR) is 58.8 cm³/mol. The molecule has 0 saturated carbocycles. The summed E-state index contributed by atoms with van der Waals surface area (Å²) in [4.78, 5) is 0. The SMILES string of the molecule is CC(C)(C)CNc1cc(N)cc(F)c1. The number of nitrogens with one attached hydrogen (secondary N) is 1. The highest BCUT2D eigenvalue weighted by molar-refractivity contribution is 5.54. The van der Waals surface area contributed by atoms with Crippen LogP contribution in [0.1, 0.15) is 20.8 Å². The maximum absolute atomic E-state index is 12.9. The highest BCUT2D eigenvalue weighted by atomic mass is 19.1. The van der Waals surface area contributed by atoms with Crippen LogP contribution < -0.4 is 11.1 Å². The van der Waals surface area contributed by atoms with Crippen LogP contribution in [0.5, 0.6) is 0 Å². The molecular weight excluding hydrogens is 179 g/mol. The van der Waals surface area contributed by atoms with Crippen LogP contribution in [0.15, 0.2) is 18.2 Å². The Kier molecular flexibility index (Phi) is 2.99. The minimum atomic E-state index is -0.304. The van der Waals surface area contributed by atoms with E-state index < -0.39 is 0 Å². The van der Waals surface area contributed by atoms with Crippen molar-refractivity contribution in [2.75, 3.05) is 17.6 Å². The molecule has 0 heterocycles. The minimum Gasteiger partial charge on any atom is -0.399 e. The second-order valence-electron chi connectivity index (χ2n) is 4.69. The van der Waals surface area contributed by atoms with E-state index in [2.05, 4.69) is 26.1 Å². The van der Waals surface area contributed by atoms with Gasteiger partial charge in [-0.2, -0.15) is 0 Å². The van der Waals surface area contributed by atoms with Crippen LogP contribution in [-0.4, -0.2) is 6.54 Å². The zero-order chi connectivity index (χ0) is 10.8. The number of hydrogen-bond donors (Lipinski definition) is 2. The third-order valence-electron chi connectivity index (χ3n) is 1.74. The van der Waals surface area contributed by atoms with E-state index in [1.165, 1.54) is 12.1 Å². The average molecular weight is 196 g/mol. The Labute approximate surface area is 84.3 Å². The molecule has 1 aromatic rings. The first-order chi connectivity index (χ1) is 6.37. The van der Waals surface area contributed by atoms with E-state index in [1.54, 1.807) is 6.07 Å². The van der Waals surface area contributed by atoms with E-state index in [-0.39, 0.29) is 11.2 Å². The van der Waals surface area contributed by atoms with Gasteiger partial charge in [-0.1, -0.05) is 20.8 Å². The lowest BCUT2D eigenvalue weighted by Gasteiger charge is -2.19. The van der Waals surface area contributed by atoms with E-state index in [0.717, 1.165) is 12.2 Å². The van der Waals surface area contributed by atoms with Crippen molar-refractivity contribution in [1.29, 1.82) is 0 Å². The second-order valence-corrected chi connectivity index (χ2v) is 4.69. The van der Waals surface area contributed by atoms with E-state index in [9.17, 15) is 4.39 Å². The fourth-order valence-electron chi connectivity index (χ4n) is 1.08. The summed E-state index contributed by atoms with van der Waals surface area (Å²) in [5, 5.41) is 3.15. The summed E-state index contributed by atoms with van der Waals surface area (Å²) in [5.41, 5.74) is 6.87. The standard InChI is InChI=1S/C11H17FN2/c1-11(2,3)7-14-10-5-8(12)4-9(13)6-10/h4-6,14H,7,13H2,1-3H3. The smallest absolute Gasteiger partial charge is 0.127 e. The van der Waals surface area contributed by atoms with Gasteiger partial charge in [0.1, 0.15) is 5.82 Å². The van der Waals surface area contributed by atoms with Gasteiger partial charge in [0, 0.05) is 17.9 Å². The Balaban J connectivity index is 2.68. The average Bonchev–Trinajstić information content (AvgIpc) is 1.97. The Bertz CT molecular complexity index is 295. The first-order valence-electron chi connectivity index (χ1n) is 4.67. The number of nitrogen functional groups attached to an aromatic ring is 1. The van der Waals surface area contributed by atoms with Crippen LogP contribution in [0, 0.1) is 11.2 Å². The van der Waals surface area contributed by atoms with Crippen molar-refractivity contribution < 1.29 is 4.39 Å². The molecule has 0 unspecified atom stereocenters. The predicted octanol–water partition coefficient (Wildman–Crippen LogP) is 2.87. The van der Waals surface area contributed by atoms with Gasteiger partial charge in [0.15, 0.2) is 0 Å². The molecule has 0 aliphatic heterocycles. The van der Waals surface area contributed by atoms with Gasteiger partial charge in [0.25, 0.3) is 0 Å². The van der Waals surface area contributed by atoms with Crippen LogP contribution in [0.25, 0.3) is 0 Å². The molecule has 78 valence electrons. The summed E-state index contributed by atoms with van der Waals surface area (Å²) >= 11 is 0. The molecule has 0 radical (unpaired) electrons. The molecular formula is C11H17FN2. The van der Waals surface area contributed by atoms with Crippen molar-refractivity contribution in [2.45, 2.75) is 20.8 Å². The third kappa shape index (κ3) is 3.64. The van der Waals surface area contributed by atoms with Gasteiger partial charge < -0.3 is 11.1 Å². The molecule has 3 heteroatoms. The van der Waals surface area contributed by atoms with Crippen molar-refractivity contribution in [1.82, 2.24) is 0 Å². The third-order valence-corrected chi connectivity index (χ3v) is 1.74. The summed E-state index contributed by atoms with van der Waals surface area (Å²) in [6.07, 6.45) is 0. The molecule has 2 nitrogen and oxygen atoms in total. The first-order valence-corrected chi connectivity index (χ1v) is 4.67. The molecule has 0 saturated heterocycles. The fraction of sp³-hybridized carbons (Fsp3) is 0.455. The summed E-state index contributed by atoms with van der Waals surface area (Å²) < 4.78 is 12.9. The molecule has 0 fully saturated rings. The molecule has 0 aromatic heterocycles. The molecule has 3 N–H and O–H groups in total. The number of benzene rings is 1. The Hall–Kier alpha value is -1.25. The minimum absolute atomic E-state index is 0.168. The van der Waals surface area contributed by atoms with Crippen LogP contribution in [0.3, 0.4) is 0 Å². The summed E-state index contributed by atoms with van der Waals surface area (Å²) in [6, 6.07) is 4.49. The van der Waals surface area contributed by atoms with Crippen LogP contribution >= 0.6 is 0 Å². The van der Waals surface area contributed by atoms with Crippen molar-refractivity contribution in [3.63, 3.8) is 0 Å². The van der Waals surface area contributed by atoms with Crippen molar-refractivity contribution in [2.24, 2.45) is 5.41 Å². The van der Waals surface area contributed by atoms with Gasteiger partial charge in [0.05, 0.1) is 0 Å². The largest absolute Gasteiger partial charge is 0.399 e. The number of rotatable bonds is 2. The van der Waals surface area contributed by atoms with E-state index in [4.69, 9.17) is 5.73 Å². The number of halogens is 1. The monoisotopic (exact) mass is 196 g/mol. The van der Waals surface area contributed by atoms with Gasteiger partial charge in [-0.15, -0.1) is 0 Å². The molecule has 0 aliphatic rings.